The Hall–Kier alpha value is -4.37. The van der Waals surface area contributed by atoms with E-state index in [9.17, 15) is 19.8 Å². The predicted molar refractivity (Wildman–Crippen MR) is 144 cm³/mol. The molecule has 1 saturated heterocycles. The van der Waals surface area contributed by atoms with Crippen molar-refractivity contribution in [2.24, 2.45) is 0 Å². The van der Waals surface area contributed by atoms with Crippen LogP contribution in [0.2, 0.25) is 0 Å². The van der Waals surface area contributed by atoms with Crippen LogP contribution in [0.4, 0.5) is 5.13 Å². The lowest BCUT2D eigenvalue weighted by Gasteiger charge is -2.23. The third-order valence-electron chi connectivity index (χ3n) is 6.69. The van der Waals surface area contributed by atoms with Crippen LogP contribution in [-0.4, -0.2) is 39.6 Å². The zero-order valence-electron chi connectivity index (χ0n) is 20.7. The molecular weight excluding hydrogens is 504 g/mol. The summed E-state index contributed by atoms with van der Waals surface area (Å²) in [6.45, 7) is 4.37. The Labute approximate surface area is 222 Å². The number of aliphatic hydroxyl groups is 1. The SMILES string of the molecule is CCOc1ccc2nc(N3C(=O)C(=O)/C(=C(/O)c4ccc5c(c4)C[C@@H](C)O5)[C@H]3c3ccc(O)cc3)sc2c1. The van der Waals surface area contributed by atoms with E-state index in [1.54, 1.807) is 42.5 Å². The smallest absolute Gasteiger partial charge is 0.301 e. The number of phenols is 1. The average Bonchev–Trinajstić information content (AvgIpc) is 3.56. The van der Waals surface area contributed by atoms with E-state index in [0.717, 1.165) is 16.0 Å². The van der Waals surface area contributed by atoms with E-state index in [0.29, 0.717) is 40.6 Å². The number of ether oxygens (including phenoxy) is 2. The molecule has 192 valence electrons. The van der Waals surface area contributed by atoms with Crippen molar-refractivity contribution >= 4 is 44.1 Å². The van der Waals surface area contributed by atoms with Crippen LogP contribution in [-0.2, 0) is 16.0 Å². The molecule has 0 spiro atoms. The van der Waals surface area contributed by atoms with Gasteiger partial charge in [0.1, 0.15) is 29.1 Å². The summed E-state index contributed by atoms with van der Waals surface area (Å²) >= 11 is 1.26. The molecule has 4 aromatic rings. The number of hydrogen-bond donors (Lipinski definition) is 2. The summed E-state index contributed by atoms with van der Waals surface area (Å²) in [5.41, 5.74) is 2.52. The highest BCUT2D eigenvalue weighted by Crippen LogP contribution is 2.45. The number of benzene rings is 3. The van der Waals surface area contributed by atoms with Gasteiger partial charge in [0.15, 0.2) is 5.13 Å². The van der Waals surface area contributed by atoms with E-state index in [2.05, 4.69) is 4.98 Å². The van der Waals surface area contributed by atoms with E-state index in [1.165, 1.54) is 28.4 Å². The highest BCUT2D eigenvalue weighted by atomic mass is 32.1. The van der Waals surface area contributed by atoms with Gasteiger partial charge in [0, 0.05) is 12.0 Å². The number of phenolic OH excluding ortho intramolecular Hbond substituents is 1. The van der Waals surface area contributed by atoms with Crippen LogP contribution >= 0.6 is 11.3 Å². The number of anilines is 1. The van der Waals surface area contributed by atoms with Crippen molar-refractivity contribution in [3.63, 3.8) is 0 Å². The summed E-state index contributed by atoms with van der Waals surface area (Å²) in [7, 11) is 0. The molecule has 2 atom stereocenters. The third kappa shape index (κ3) is 3.95. The van der Waals surface area contributed by atoms with Crippen LogP contribution in [0, 0.1) is 0 Å². The topological polar surface area (TPSA) is 109 Å². The van der Waals surface area contributed by atoms with Crippen molar-refractivity contribution in [2.75, 3.05) is 11.5 Å². The lowest BCUT2D eigenvalue weighted by Crippen LogP contribution is -2.29. The Balaban J connectivity index is 1.50. The molecular formula is C29H24N2O6S. The van der Waals surface area contributed by atoms with Crippen molar-refractivity contribution in [1.29, 1.82) is 0 Å². The van der Waals surface area contributed by atoms with Gasteiger partial charge in [-0.05, 0) is 73.5 Å². The van der Waals surface area contributed by atoms with Crippen molar-refractivity contribution in [2.45, 2.75) is 32.4 Å². The summed E-state index contributed by atoms with van der Waals surface area (Å²) < 4.78 is 12.2. The van der Waals surface area contributed by atoms with Crippen LogP contribution in [0.3, 0.4) is 0 Å². The molecule has 38 heavy (non-hydrogen) atoms. The maximum atomic E-state index is 13.5. The van der Waals surface area contributed by atoms with Crippen LogP contribution in [0.1, 0.15) is 36.6 Å². The number of carbonyl (C=O) groups is 2. The molecule has 1 fully saturated rings. The Morgan fingerprint density at radius 1 is 1.13 bits per heavy atom. The predicted octanol–water partition coefficient (Wildman–Crippen LogP) is 5.35. The van der Waals surface area contributed by atoms with Gasteiger partial charge in [0.25, 0.3) is 5.78 Å². The van der Waals surface area contributed by atoms with E-state index >= 15 is 0 Å². The molecule has 3 heterocycles. The highest BCUT2D eigenvalue weighted by Gasteiger charge is 2.48. The first-order chi connectivity index (χ1) is 18.3. The van der Waals surface area contributed by atoms with Crippen molar-refractivity contribution < 1.29 is 29.3 Å². The summed E-state index contributed by atoms with van der Waals surface area (Å²) in [6, 6.07) is 16.0. The van der Waals surface area contributed by atoms with Gasteiger partial charge in [-0.25, -0.2) is 4.98 Å². The number of aromatic nitrogens is 1. The second-order valence-electron chi connectivity index (χ2n) is 9.27. The molecule has 2 N–H and O–H groups in total. The molecule has 0 saturated carbocycles. The zero-order chi connectivity index (χ0) is 26.6. The molecule has 3 aromatic carbocycles. The quantitative estimate of drug-likeness (QED) is 0.204. The Morgan fingerprint density at radius 2 is 1.92 bits per heavy atom. The average molecular weight is 529 g/mol. The van der Waals surface area contributed by atoms with Crippen molar-refractivity contribution in [3.8, 4) is 17.2 Å². The molecule has 0 aliphatic carbocycles. The standard InChI is InChI=1S/C29H24N2O6S/c1-3-36-20-9-10-21-23(14-20)38-29(30-21)31-25(16-4-7-19(32)8-5-16)24(27(34)28(31)35)26(33)17-6-11-22-18(13-17)12-15(2)37-22/h4-11,13-15,25,32-33H,3,12H2,1-2H3/b26-24+/t15-,25-/m1/s1. The number of aliphatic hydroxyl groups excluding tert-OH is 1. The minimum absolute atomic E-state index is 0.0206. The lowest BCUT2D eigenvalue weighted by molar-refractivity contribution is -0.132. The van der Waals surface area contributed by atoms with Crippen LogP contribution in [0.25, 0.3) is 16.0 Å². The Morgan fingerprint density at radius 3 is 2.68 bits per heavy atom. The Bertz CT molecular complexity index is 1620. The number of thiazole rings is 1. The van der Waals surface area contributed by atoms with Gasteiger partial charge in [-0.1, -0.05) is 23.5 Å². The van der Waals surface area contributed by atoms with Crippen molar-refractivity contribution in [1.82, 2.24) is 4.98 Å². The molecule has 1 aromatic heterocycles. The van der Waals surface area contributed by atoms with Crippen LogP contribution in [0.15, 0.2) is 66.2 Å². The number of rotatable bonds is 5. The maximum absolute atomic E-state index is 13.5. The fourth-order valence-electron chi connectivity index (χ4n) is 4.98. The monoisotopic (exact) mass is 528 g/mol. The highest BCUT2D eigenvalue weighted by molar-refractivity contribution is 7.22. The molecule has 0 radical (unpaired) electrons. The van der Waals surface area contributed by atoms with Gasteiger partial charge in [-0.15, -0.1) is 0 Å². The second kappa shape index (κ2) is 9.18. The van der Waals surface area contributed by atoms with Gasteiger partial charge in [-0.3, -0.25) is 14.5 Å². The molecule has 2 aliphatic rings. The normalized spacial score (nSPS) is 20.1. The van der Waals surface area contributed by atoms with Gasteiger partial charge in [0.2, 0.25) is 0 Å². The second-order valence-corrected chi connectivity index (χ2v) is 10.3. The van der Waals surface area contributed by atoms with E-state index in [4.69, 9.17) is 9.47 Å². The van der Waals surface area contributed by atoms with E-state index in [-0.39, 0.29) is 23.2 Å². The number of fused-ring (bicyclic) bond motifs is 2. The lowest BCUT2D eigenvalue weighted by atomic mass is 9.94. The number of carbonyl (C=O) groups excluding carboxylic acids is 2. The molecule has 8 nitrogen and oxygen atoms in total. The maximum Gasteiger partial charge on any atom is 0.301 e. The minimum Gasteiger partial charge on any atom is -0.508 e. The number of aromatic hydroxyl groups is 1. The molecule has 2 aliphatic heterocycles. The first-order valence-electron chi connectivity index (χ1n) is 12.3. The number of nitrogens with zero attached hydrogens (tertiary/aromatic N) is 2. The minimum atomic E-state index is -0.939. The third-order valence-corrected chi connectivity index (χ3v) is 7.71. The molecule has 9 heteroatoms. The summed E-state index contributed by atoms with van der Waals surface area (Å²) in [5, 5.41) is 21.6. The molecule has 0 bridgehead atoms. The van der Waals surface area contributed by atoms with E-state index < -0.39 is 17.7 Å². The fraction of sp³-hybridized carbons (Fsp3) is 0.207. The molecule has 0 unspecified atom stereocenters. The summed E-state index contributed by atoms with van der Waals surface area (Å²) in [5.74, 6) is -0.396. The van der Waals surface area contributed by atoms with Gasteiger partial charge < -0.3 is 19.7 Å². The number of ketones is 1. The van der Waals surface area contributed by atoms with E-state index in [1.807, 2.05) is 19.9 Å². The number of amides is 1. The Kier molecular flexibility index (Phi) is 5.80. The van der Waals surface area contributed by atoms with Crippen LogP contribution < -0.4 is 14.4 Å². The summed E-state index contributed by atoms with van der Waals surface area (Å²) in [6.07, 6.45) is 0.703. The number of hydrogen-bond acceptors (Lipinski definition) is 8. The first-order valence-corrected chi connectivity index (χ1v) is 13.1. The van der Waals surface area contributed by atoms with Gasteiger partial charge in [-0.2, -0.15) is 0 Å². The number of Topliss-reactive ketones (excluding diaryl/α,β-unsaturated/α-hetero) is 1. The summed E-state index contributed by atoms with van der Waals surface area (Å²) in [4.78, 5) is 32.9. The van der Waals surface area contributed by atoms with Gasteiger partial charge >= 0.3 is 5.91 Å². The largest absolute Gasteiger partial charge is 0.508 e. The first kappa shape index (κ1) is 24.0. The fourth-order valence-corrected chi connectivity index (χ4v) is 6.00. The van der Waals surface area contributed by atoms with Crippen LogP contribution in [0.5, 0.6) is 17.2 Å². The van der Waals surface area contributed by atoms with Crippen molar-refractivity contribution in [3.05, 3.63) is 82.9 Å². The molecule has 6 rings (SSSR count). The zero-order valence-corrected chi connectivity index (χ0v) is 21.5. The molecule has 1 amide bonds. The van der Waals surface area contributed by atoms with Gasteiger partial charge in [0.05, 0.1) is 28.4 Å².